The van der Waals surface area contributed by atoms with Crippen LogP contribution >= 0.6 is 0 Å². The zero-order valence-corrected chi connectivity index (χ0v) is 15.6. The molecule has 26 heavy (non-hydrogen) atoms. The SMILES string of the molecule is CCc1n[nH]c(CN2Cc3cnn(-c4ccccn4)c3CC(C)(C)C2)n1. The van der Waals surface area contributed by atoms with Gasteiger partial charge >= 0.3 is 0 Å². The highest BCUT2D eigenvalue weighted by atomic mass is 15.3. The van der Waals surface area contributed by atoms with Crippen molar-refractivity contribution in [2.24, 2.45) is 5.41 Å². The number of aromatic nitrogens is 6. The first kappa shape index (κ1) is 16.9. The van der Waals surface area contributed by atoms with Crippen molar-refractivity contribution in [3.05, 3.63) is 53.5 Å². The lowest BCUT2D eigenvalue weighted by Crippen LogP contribution is -2.33. The number of aryl methyl sites for hydroxylation is 1. The molecule has 0 bridgehead atoms. The summed E-state index contributed by atoms with van der Waals surface area (Å²) in [4.78, 5) is 11.5. The molecule has 0 aromatic carbocycles. The van der Waals surface area contributed by atoms with E-state index in [9.17, 15) is 0 Å². The van der Waals surface area contributed by atoms with Crippen LogP contribution < -0.4 is 0 Å². The molecule has 0 spiro atoms. The second kappa shape index (κ2) is 6.64. The van der Waals surface area contributed by atoms with E-state index in [1.165, 1.54) is 11.3 Å². The minimum absolute atomic E-state index is 0.130. The van der Waals surface area contributed by atoms with Crippen molar-refractivity contribution in [1.29, 1.82) is 0 Å². The topological polar surface area (TPSA) is 75.5 Å². The summed E-state index contributed by atoms with van der Waals surface area (Å²) in [5.41, 5.74) is 2.64. The number of aromatic amines is 1. The molecule has 0 amide bonds. The third-order valence-corrected chi connectivity index (χ3v) is 4.78. The van der Waals surface area contributed by atoms with Gasteiger partial charge in [0.05, 0.1) is 18.4 Å². The lowest BCUT2D eigenvalue weighted by Gasteiger charge is -2.29. The Kier molecular flexibility index (Phi) is 4.32. The Labute approximate surface area is 153 Å². The fraction of sp³-hybridized carbons (Fsp3) is 0.474. The van der Waals surface area contributed by atoms with E-state index in [-0.39, 0.29) is 5.41 Å². The molecule has 0 atom stereocenters. The molecule has 0 unspecified atom stereocenters. The lowest BCUT2D eigenvalue weighted by molar-refractivity contribution is 0.169. The summed E-state index contributed by atoms with van der Waals surface area (Å²) in [6.45, 7) is 9.30. The maximum absolute atomic E-state index is 4.63. The normalized spacial score (nSPS) is 17.0. The Morgan fingerprint density at radius 2 is 2.15 bits per heavy atom. The number of H-pyrrole nitrogens is 1. The monoisotopic (exact) mass is 351 g/mol. The summed E-state index contributed by atoms with van der Waals surface area (Å²) in [6.07, 6.45) is 5.61. The Balaban J connectivity index is 1.63. The van der Waals surface area contributed by atoms with Crippen LogP contribution in [0.2, 0.25) is 0 Å². The van der Waals surface area contributed by atoms with Crippen molar-refractivity contribution in [2.45, 2.75) is 46.7 Å². The maximum Gasteiger partial charge on any atom is 0.153 e. The molecular weight excluding hydrogens is 326 g/mol. The van der Waals surface area contributed by atoms with Crippen LogP contribution in [0.5, 0.6) is 0 Å². The van der Waals surface area contributed by atoms with E-state index in [1.54, 1.807) is 0 Å². The predicted octanol–water partition coefficient (Wildman–Crippen LogP) is 2.53. The van der Waals surface area contributed by atoms with E-state index in [2.05, 4.69) is 50.9 Å². The quantitative estimate of drug-likeness (QED) is 0.782. The molecule has 0 saturated heterocycles. The fourth-order valence-corrected chi connectivity index (χ4v) is 3.70. The predicted molar refractivity (Wildman–Crippen MR) is 98.7 cm³/mol. The van der Waals surface area contributed by atoms with Crippen LogP contribution in [0.15, 0.2) is 30.6 Å². The average molecular weight is 351 g/mol. The molecule has 7 nitrogen and oxygen atoms in total. The smallest absolute Gasteiger partial charge is 0.153 e. The Bertz CT molecular complexity index is 878. The van der Waals surface area contributed by atoms with Crippen molar-refractivity contribution in [2.75, 3.05) is 6.54 Å². The summed E-state index contributed by atoms with van der Waals surface area (Å²) < 4.78 is 1.99. The number of hydrogen-bond donors (Lipinski definition) is 1. The summed E-state index contributed by atoms with van der Waals surface area (Å²) >= 11 is 0. The van der Waals surface area contributed by atoms with Crippen molar-refractivity contribution < 1.29 is 0 Å². The Hall–Kier alpha value is -2.54. The van der Waals surface area contributed by atoms with Crippen molar-refractivity contribution >= 4 is 0 Å². The zero-order valence-electron chi connectivity index (χ0n) is 15.6. The minimum Gasteiger partial charge on any atom is -0.291 e. The molecule has 0 aliphatic carbocycles. The molecule has 7 heteroatoms. The number of hydrogen-bond acceptors (Lipinski definition) is 5. The molecule has 1 N–H and O–H groups in total. The number of fused-ring (bicyclic) bond motifs is 1. The van der Waals surface area contributed by atoms with Gasteiger partial charge in [0.15, 0.2) is 5.82 Å². The molecule has 0 fully saturated rings. The second-order valence-electron chi connectivity index (χ2n) is 7.75. The van der Waals surface area contributed by atoms with Gasteiger partial charge in [0.1, 0.15) is 11.6 Å². The summed E-state index contributed by atoms with van der Waals surface area (Å²) in [5, 5.41) is 12.0. The van der Waals surface area contributed by atoms with Gasteiger partial charge in [-0.1, -0.05) is 26.8 Å². The zero-order chi connectivity index (χ0) is 18.1. The molecule has 0 radical (unpaired) electrons. The van der Waals surface area contributed by atoms with Crippen LogP contribution in [0.25, 0.3) is 5.82 Å². The summed E-state index contributed by atoms with van der Waals surface area (Å²) in [6, 6.07) is 5.93. The Morgan fingerprint density at radius 3 is 2.88 bits per heavy atom. The largest absolute Gasteiger partial charge is 0.291 e. The van der Waals surface area contributed by atoms with Crippen LogP contribution in [0.3, 0.4) is 0 Å². The summed E-state index contributed by atoms with van der Waals surface area (Å²) in [5.74, 6) is 2.68. The third-order valence-electron chi connectivity index (χ3n) is 4.78. The number of nitrogens with one attached hydrogen (secondary N) is 1. The molecule has 3 aromatic heterocycles. The lowest BCUT2D eigenvalue weighted by atomic mass is 9.87. The van der Waals surface area contributed by atoms with Gasteiger partial charge in [0.25, 0.3) is 0 Å². The van der Waals surface area contributed by atoms with Gasteiger partial charge in [-0.3, -0.25) is 10.00 Å². The molecule has 3 aromatic rings. The van der Waals surface area contributed by atoms with Gasteiger partial charge in [-0.25, -0.2) is 14.6 Å². The molecule has 1 aliphatic rings. The van der Waals surface area contributed by atoms with Crippen molar-refractivity contribution in [3.63, 3.8) is 0 Å². The molecule has 0 saturated carbocycles. The van der Waals surface area contributed by atoms with E-state index in [1.807, 2.05) is 35.3 Å². The van der Waals surface area contributed by atoms with Crippen molar-refractivity contribution in [1.82, 2.24) is 34.8 Å². The molecule has 4 heterocycles. The number of pyridine rings is 1. The summed E-state index contributed by atoms with van der Waals surface area (Å²) in [7, 11) is 0. The molecule has 4 rings (SSSR count). The van der Waals surface area contributed by atoms with Gasteiger partial charge in [0, 0.05) is 31.3 Å². The molecule has 136 valence electrons. The highest BCUT2D eigenvalue weighted by Crippen LogP contribution is 2.31. The standard InChI is InChI=1S/C19H25N7/c1-4-16-22-17(24-23-16)12-25-11-14-10-21-26(18-7-5-6-8-20-18)15(14)9-19(2,3)13-25/h5-8,10H,4,9,11-13H2,1-3H3,(H,22,23,24). The maximum atomic E-state index is 4.63. The van der Waals surface area contributed by atoms with E-state index in [4.69, 9.17) is 0 Å². The minimum atomic E-state index is 0.130. The number of rotatable bonds is 4. The van der Waals surface area contributed by atoms with E-state index >= 15 is 0 Å². The first-order valence-electron chi connectivity index (χ1n) is 9.14. The van der Waals surface area contributed by atoms with Crippen LogP contribution in [0.1, 0.15) is 43.7 Å². The molecule has 1 aliphatic heterocycles. The van der Waals surface area contributed by atoms with Gasteiger partial charge in [-0.15, -0.1) is 0 Å². The van der Waals surface area contributed by atoms with Crippen LogP contribution in [0, 0.1) is 5.41 Å². The molecular formula is C19H25N7. The van der Waals surface area contributed by atoms with Gasteiger partial charge in [-0.2, -0.15) is 10.2 Å². The average Bonchev–Trinajstić information content (AvgIpc) is 3.19. The number of nitrogens with zero attached hydrogens (tertiary/aromatic N) is 6. The Morgan fingerprint density at radius 1 is 1.27 bits per heavy atom. The highest BCUT2D eigenvalue weighted by molar-refractivity contribution is 5.30. The van der Waals surface area contributed by atoms with E-state index in [0.29, 0.717) is 0 Å². The van der Waals surface area contributed by atoms with Gasteiger partial charge < -0.3 is 0 Å². The fourth-order valence-electron chi connectivity index (χ4n) is 3.70. The first-order chi connectivity index (χ1) is 12.5. The van der Waals surface area contributed by atoms with E-state index < -0.39 is 0 Å². The highest BCUT2D eigenvalue weighted by Gasteiger charge is 2.31. The van der Waals surface area contributed by atoms with Gasteiger partial charge in [-0.05, 0) is 24.0 Å². The second-order valence-corrected chi connectivity index (χ2v) is 7.75. The van der Waals surface area contributed by atoms with Crippen molar-refractivity contribution in [3.8, 4) is 5.82 Å². The van der Waals surface area contributed by atoms with Crippen LogP contribution in [-0.2, 0) is 25.9 Å². The van der Waals surface area contributed by atoms with Gasteiger partial charge in [0.2, 0.25) is 0 Å². The first-order valence-corrected chi connectivity index (χ1v) is 9.14. The van der Waals surface area contributed by atoms with Crippen LogP contribution in [-0.4, -0.2) is 41.4 Å². The third kappa shape index (κ3) is 3.39. The van der Waals surface area contributed by atoms with E-state index in [0.717, 1.165) is 49.9 Å². The van der Waals surface area contributed by atoms with Crippen LogP contribution in [0.4, 0.5) is 0 Å².